The molecule has 0 spiro atoms. The monoisotopic (exact) mass is 371 g/mol. The summed E-state index contributed by atoms with van der Waals surface area (Å²) >= 11 is 1.19. The summed E-state index contributed by atoms with van der Waals surface area (Å²) in [4.78, 5) is 21.9. The molecule has 4 heterocycles. The minimum absolute atomic E-state index is 0. The van der Waals surface area contributed by atoms with Crippen molar-refractivity contribution in [3.63, 3.8) is 0 Å². The van der Waals surface area contributed by atoms with Crippen molar-refractivity contribution in [2.45, 2.75) is 33.1 Å². The molecule has 0 N–H and O–H groups in total. The largest absolute Gasteiger partial charge is 0.370 e. The lowest BCUT2D eigenvalue weighted by atomic mass is 9.93. The number of aromatic nitrogens is 4. The highest BCUT2D eigenvalue weighted by Crippen LogP contribution is 2.28. The van der Waals surface area contributed by atoms with Crippen LogP contribution >= 0.6 is 11.7 Å². The van der Waals surface area contributed by atoms with Crippen LogP contribution in [0.3, 0.4) is 0 Å². The Morgan fingerprint density at radius 1 is 1.19 bits per heavy atom. The minimum atomic E-state index is 0. The van der Waals surface area contributed by atoms with Gasteiger partial charge in [0.1, 0.15) is 11.3 Å². The number of hydrogen-bond acceptors (Lipinski definition) is 7. The molecule has 0 aromatic carbocycles. The lowest BCUT2D eigenvalue weighted by Gasteiger charge is -2.32. The number of fused-ring (bicyclic) bond motifs is 1. The summed E-state index contributed by atoms with van der Waals surface area (Å²) in [6.07, 6.45) is 6.48. The molecule has 0 unspecified atom stereocenters. The lowest BCUT2D eigenvalue weighted by Crippen LogP contribution is -2.35. The van der Waals surface area contributed by atoms with Gasteiger partial charge in [-0.1, -0.05) is 13.0 Å². The van der Waals surface area contributed by atoms with E-state index < -0.39 is 0 Å². The second-order valence-corrected chi connectivity index (χ2v) is 6.84. The first kappa shape index (κ1) is 18.4. The average Bonchev–Trinajstić information content (AvgIpc) is 3.18. The molecule has 0 bridgehead atoms. The van der Waals surface area contributed by atoms with Gasteiger partial charge in [0.05, 0.1) is 17.4 Å². The maximum Gasteiger partial charge on any atom is 0.195 e. The number of aryl methyl sites for hydroxylation is 1. The second kappa shape index (κ2) is 8.80. The number of carbonyl (C=O) groups excluding carboxylic acids is 1. The fourth-order valence-corrected chi connectivity index (χ4v) is 3.59. The van der Waals surface area contributed by atoms with Crippen molar-refractivity contribution in [2.24, 2.45) is 5.92 Å². The summed E-state index contributed by atoms with van der Waals surface area (Å²) in [5.74, 6) is 0.539. The Hall–Kier alpha value is -2.41. The van der Waals surface area contributed by atoms with Crippen LogP contribution in [-0.4, -0.2) is 37.6 Å². The predicted molar refractivity (Wildman–Crippen MR) is 107 cm³/mol. The van der Waals surface area contributed by atoms with Gasteiger partial charge in [0.25, 0.3) is 0 Å². The number of hydrogen-bond donors (Lipinski definition) is 0. The molecule has 6 nitrogen and oxygen atoms in total. The van der Waals surface area contributed by atoms with Crippen molar-refractivity contribution in [3.05, 3.63) is 42.4 Å². The average molecular weight is 372 g/mol. The van der Waals surface area contributed by atoms with Crippen LogP contribution in [0.25, 0.3) is 11.2 Å². The summed E-state index contributed by atoms with van der Waals surface area (Å²) in [5, 5.41) is 0. The van der Waals surface area contributed by atoms with Crippen molar-refractivity contribution in [2.75, 3.05) is 18.0 Å². The third-order valence-corrected chi connectivity index (χ3v) is 5.16. The number of pyridine rings is 2. The standard InChI is InChI=1S/C12H14N4OS.C7H9N.H2/c1-8(17)9-3-6-16(7-4-9)10-2-5-13-12-11(10)14-18-15-12;1-2-7-5-3-4-6-8-7;/h2,5,9H,3-4,6-7H2,1H3;3-6H,2H2,1H3;1H. The molecule has 1 fully saturated rings. The van der Waals surface area contributed by atoms with Gasteiger partial charge in [-0.25, -0.2) is 4.98 Å². The molecule has 0 amide bonds. The molecule has 1 aliphatic heterocycles. The Bertz CT molecular complexity index is 849. The van der Waals surface area contributed by atoms with E-state index in [-0.39, 0.29) is 7.34 Å². The fraction of sp³-hybridized carbons (Fsp3) is 0.421. The molecule has 3 aromatic rings. The Kier molecular flexibility index (Phi) is 6.22. The van der Waals surface area contributed by atoms with Crippen LogP contribution in [-0.2, 0) is 11.2 Å². The van der Waals surface area contributed by atoms with E-state index in [2.05, 4.69) is 30.5 Å². The van der Waals surface area contributed by atoms with Gasteiger partial charge in [0, 0.05) is 38.5 Å². The van der Waals surface area contributed by atoms with Crippen molar-refractivity contribution in [1.82, 2.24) is 18.7 Å². The summed E-state index contributed by atoms with van der Waals surface area (Å²) in [5.41, 5.74) is 3.85. The maximum atomic E-state index is 11.4. The van der Waals surface area contributed by atoms with E-state index >= 15 is 0 Å². The van der Waals surface area contributed by atoms with E-state index in [1.807, 2.05) is 30.5 Å². The Balaban J connectivity index is 0.000000247. The normalized spacial score (nSPS) is 14.8. The third-order valence-electron chi connectivity index (χ3n) is 4.64. The van der Waals surface area contributed by atoms with Gasteiger partial charge >= 0.3 is 0 Å². The molecule has 138 valence electrons. The van der Waals surface area contributed by atoms with Gasteiger partial charge < -0.3 is 4.90 Å². The van der Waals surface area contributed by atoms with E-state index in [1.165, 1.54) is 11.7 Å². The quantitative estimate of drug-likeness (QED) is 0.698. The number of anilines is 1. The number of rotatable bonds is 3. The second-order valence-electron chi connectivity index (χ2n) is 6.31. The summed E-state index contributed by atoms with van der Waals surface area (Å²) in [6, 6.07) is 7.95. The Morgan fingerprint density at radius 2 is 2.00 bits per heavy atom. The van der Waals surface area contributed by atoms with Crippen LogP contribution in [0.15, 0.2) is 36.7 Å². The SMILES string of the molecule is CC(=O)C1CCN(c2ccnc3nsnc23)CC1.CCc1ccccn1.[HH]. The maximum absolute atomic E-state index is 11.4. The smallest absolute Gasteiger partial charge is 0.195 e. The molecule has 7 heteroatoms. The zero-order valence-electron chi connectivity index (χ0n) is 15.1. The van der Waals surface area contributed by atoms with E-state index in [1.54, 1.807) is 13.1 Å². The molecule has 0 aliphatic carbocycles. The van der Waals surface area contributed by atoms with Crippen molar-refractivity contribution < 1.29 is 6.22 Å². The molecule has 0 atom stereocenters. The summed E-state index contributed by atoms with van der Waals surface area (Å²) in [6.45, 7) is 5.60. The molecule has 1 aliphatic rings. The van der Waals surface area contributed by atoms with Crippen molar-refractivity contribution in [1.29, 1.82) is 0 Å². The zero-order valence-corrected chi connectivity index (χ0v) is 15.9. The van der Waals surface area contributed by atoms with Crippen LogP contribution in [0.1, 0.15) is 33.8 Å². The molecule has 0 radical (unpaired) electrons. The minimum Gasteiger partial charge on any atom is -0.370 e. The predicted octanol–water partition coefficient (Wildman–Crippen LogP) is 3.78. The number of carbonyl (C=O) groups is 1. The Labute approximate surface area is 159 Å². The van der Waals surface area contributed by atoms with Crippen molar-refractivity contribution in [3.8, 4) is 0 Å². The topological polar surface area (TPSA) is 71.9 Å². The number of piperidine rings is 1. The first-order valence-corrected chi connectivity index (χ1v) is 9.64. The number of ketones is 1. The van der Waals surface area contributed by atoms with Crippen LogP contribution < -0.4 is 4.90 Å². The van der Waals surface area contributed by atoms with Gasteiger partial charge in [-0.2, -0.15) is 8.75 Å². The summed E-state index contributed by atoms with van der Waals surface area (Å²) < 4.78 is 8.46. The molecule has 0 saturated carbocycles. The molecule has 26 heavy (non-hydrogen) atoms. The Morgan fingerprint density at radius 3 is 2.62 bits per heavy atom. The molecule has 1 saturated heterocycles. The van der Waals surface area contributed by atoms with E-state index in [0.717, 1.165) is 49.2 Å². The van der Waals surface area contributed by atoms with E-state index in [0.29, 0.717) is 11.4 Å². The van der Waals surface area contributed by atoms with Gasteiger partial charge in [-0.3, -0.25) is 9.78 Å². The van der Waals surface area contributed by atoms with Gasteiger partial charge in [0.2, 0.25) is 0 Å². The lowest BCUT2D eigenvalue weighted by molar-refractivity contribution is -0.121. The van der Waals surface area contributed by atoms with Crippen LogP contribution in [0.4, 0.5) is 5.69 Å². The first-order valence-electron chi connectivity index (χ1n) is 8.91. The number of nitrogens with zero attached hydrogens (tertiary/aromatic N) is 5. The van der Waals surface area contributed by atoms with Crippen LogP contribution in [0.5, 0.6) is 0 Å². The van der Waals surface area contributed by atoms with Crippen molar-refractivity contribution >= 4 is 34.4 Å². The highest BCUT2D eigenvalue weighted by Gasteiger charge is 2.24. The van der Waals surface area contributed by atoms with E-state index in [4.69, 9.17) is 0 Å². The van der Waals surface area contributed by atoms with Gasteiger partial charge in [0.15, 0.2) is 5.65 Å². The molecular weight excluding hydrogens is 346 g/mol. The highest BCUT2D eigenvalue weighted by molar-refractivity contribution is 7.00. The van der Waals surface area contributed by atoms with Crippen LogP contribution in [0, 0.1) is 5.92 Å². The fourth-order valence-electron chi connectivity index (χ4n) is 3.08. The number of Topliss-reactive ketones (excluding diaryl/α,β-unsaturated/α-hetero) is 1. The van der Waals surface area contributed by atoms with E-state index in [9.17, 15) is 4.79 Å². The molecule has 4 rings (SSSR count). The molecular formula is C19H25N5OS. The summed E-state index contributed by atoms with van der Waals surface area (Å²) in [7, 11) is 0. The first-order chi connectivity index (χ1) is 12.7. The molecule has 3 aromatic heterocycles. The highest BCUT2D eigenvalue weighted by atomic mass is 32.1. The van der Waals surface area contributed by atoms with Crippen LogP contribution in [0.2, 0.25) is 0 Å². The zero-order chi connectivity index (χ0) is 18.4. The van der Waals surface area contributed by atoms with Gasteiger partial charge in [-0.05, 0) is 44.4 Å². The third kappa shape index (κ3) is 4.40. The van der Waals surface area contributed by atoms with Gasteiger partial charge in [-0.15, -0.1) is 0 Å².